The van der Waals surface area contributed by atoms with E-state index < -0.39 is 0 Å². The van der Waals surface area contributed by atoms with Crippen LogP contribution < -0.4 is 0 Å². The molecule has 0 radical (unpaired) electrons. The van der Waals surface area contributed by atoms with Crippen LogP contribution in [-0.4, -0.2) is 9.55 Å². The second kappa shape index (κ2) is 4.16. The minimum absolute atomic E-state index is 0.224. The number of nitrogens with zero attached hydrogens (tertiary/aromatic N) is 1. The van der Waals surface area contributed by atoms with E-state index in [0.29, 0.717) is 10.5 Å². The summed E-state index contributed by atoms with van der Waals surface area (Å²) in [6, 6.07) is 3.84. The zero-order valence-corrected chi connectivity index (χ0v) is 12.7. The van der Waals surface area contributed by atoms with Gasteiger partial charge < -0.3 is 9.55 Å². The molecule has 2 fully saturated rings. The third kappa shape index (κ3) is 1.74. The van der Waals surface area contributed by atoms with Crippen LogP contribution in [0.5, 0.6) is 0 Å². The molecule has 2 nitrogen and oxygen atoms in total. The molecule has 0 amide bonds. The molecule has 0 saturated heterocycles. The molecule has 100 valence electrons. The van der Waals surface area contributed by atoms with E-state index in [4.69, 9.17) is 12.2 Å². The lowest BCUT2D eigenvalue weighted by molar-refractivity contribution is 0.333. The van der Waals surface area contributed by atoms with E-state index in [1.165, 1.54) is 25.7 Å². The zero-order chi connectivity index (χ0) is 13.1. The number of hydrogen-bond donors (Lipinski definition) is 1. The Morgan fingerprint density at radius 2 is 2.16 bits per heavy atom. The van der Waals surface area contributed by atoms with Crippen LogP contribution in [0.1, 0.15) is 31.7 Å². The van der Waals surface area contributed by atoms with Crippen LogP contribution in [0.3, 0.4) is 0 Å². The first-order valence-corrected chi connectivity index (χ1v) is 7.93. The van der Waals surface area contributed by atoms with Gasteiger partial charge in [-0.15, -0.1) is 0 Å². The molecular weight excluding hydrogens is 327 g/mol. The molecule has 2 aliphatic carbocycles. The molecule has 1 aromatic heterocycles. The second-order valence-corrected chi connectivity index (χ2v) is 7.07. The fraction of sp³-hybridized carbons (Fsp3) is 0.500. The van der Waals surface area contributed by atoms with Crippen LogP contribution in [0.2, 0.25) is 0 Å². The molecule has 0 aliphatic heterocycles. The van der Waals surface area contributed by atoms with E-state index in [2.05, 4.69) is 25.5 Å². The van der Waals surface area contributed by atoms with Crippen molar-refractivity contribution in [2.75, 3.05) is 0 Å². The highest BCUT2D eigenvalue weighted by Crippen LogP contribution is 2.51. The van der Waals surface area contributed by atoms with Gasteiger partial charge in [0.2, 0.25) is 0 Å². The summed E-state index contributed by atoms with van der Waals surface area (Å²) in [7, 11) is 0. The van der Waals surface area contributed by atoms with Gasteiger partial charge in [-0.1, -0.05) is 6.42 Å². The van der Waals surface area contributed by atoms with Crippen molar-refractivity contribution in [1.82, 2.24) is 9.55 Å². The van der Waals surface area contributed by atoms with Gasteiger partial charge in [0.1, 0.15) is 5.82 Å². The van der Waals surface area contributed by atoms with E-state index in [9.17, 15) is 4.39 Å². The molecule has 19 heavy (non-hydrogen) atoms. The van der Waals surface area contributed by atoms with Crippen LogP contribution in [0.4, 0.5) is 4.39 Å². The third-order valence-electron chi connectivity index (χ3n) is 4.79. The van der Waals surface area contributed by atoms with Gasteiger partial charge in [0.25, 0.3) is 0 Å². The number of halogens is 2. The van der Waals surface area contributed by atoms with Crippen molar-refractivity contribution in [3.63, 3.8) is 0 Å². The summed E-state index contributed by atoms with van der Waals surface area (Å²) < 4.78 is 17.2. The van der Waals surface area contributed by atoms with Gasteiger partial charge in [-0.3, -0.25) is 0 Å². The lowest BCUT2D eigenvalue weighted by atomic mass is 9.95. The third-order valence-corrected chi connectivity index (χ3v) is 5.70. The topological polar surface area (TPSA) is 20.7 Å². The minimum Gasteiger partial charge on any atom is -0.331 e. The highest BCUT2D eigenvalue weighted by molar-refractivity contribution is 9.10. The fourth-order valence-corrected chi connectivity index (χ4v) is 4.66. The van der Waals surface area contributed by atoms with Crippen molar-refractivity contribution >= 4 is 39.2 Å². The Morgan fingerprint density at radius 3 is 2.84 bits per heavy atom. The van der Waals surface area contributed by atoms with Crippen molar-refractivity contribution in [1.29, 1.82) is 0 Å². The fourth-order valence-electron chi connectivity index (χ4n) is 3.98. The van der Waals surface area contributed by atoms with E-state index in [-0.39, 0.29) is 5.82 Å². The summed E-state index contributed by atoms with van der Waals surface area (Å²) in [5, 5.41) is 0. The molecule has 3 unspecified atom stereocenters. The van der Waals surface area contributed by atoms with Gasteiger partial charge >= 0.3 is 0 Å². The minimum atomic E-state index is -0.224. The maximum atomic E-state index is 13.8. The van der Waals surface area contributed by atoms with Crippen LogP contribution in [-0.2, 0) is 0 Å². The van der Waals surface area contributed by atoms with Gasteiger partial charge in [-0.05, 0) is 65.3 Å². The predicted octanol–water partition coefficient (Wildman–Crippen LogP) is 4.96. The van der Waals surface area contributed by atoms with Gasteiger partial charge in [-0.25, -0.2) is 4.39 Å². The molecule has 2 bridgehead atoms. The molecule has 2 aromatic rings. The van der Waals surface area contributed by atoms with Crippen molar-refractivity contribution in [2.45, 2.75) is 31.7 Å². The van der Waals surface area contributed by atoms with Crippen molar-refractivity contribution in [3.05, 3.63) is 27.2 Å². The van der Waals surface area contributed by atoms with Gasteiger partial charge in [0, 0.05) is 12.1 Å². The number of fused-ring (bicyclic) bond motifs is 3. The number of H-pyrrole nitrogens is 1. The summed E-state index contributed by atoms with van der Waals surface area (Å²) in [6.07, 6.45) is 5.17. The summed E-state index contributed by atoms with van der Waals surface area (Å²) >= 11 is 8.69. The maximum absolute atomic E-state index is 13.8. The number of aromatic nitrogens is 2. The average Bonchev–Trinajstić information content (AvgIpc) is 3.03. The Balaban J connectivity index is 1.92. The number of benzene rings is 1. The van der Waals surface area contributed by atoms with Gasteiger partial charge in [0.05, 0.1) is 15.5 Å². The van der Waals surface area contributed by atoms with E-state index in [0.717, 1.165) is 27.6 Å². The summed E-state index contributed by atoms with van der Waals surface area (Å²) in [5.74, 6) is 1.35. The molecule has 5 heteroatoms. The summed E-state index contributed by atoms with van der Waals surface area (Å²) in [4.78, 5) is 3.21. The van der Waals surface area contributed by atoms with Crippen molar-refractivity contribution in [2.24, 2.45) is 11.8 Å². The molecule has 2 saturated carbocycles. The average molecular weight is 341 g/mol. The molecule has 0 spiro atoms. The van der Waals surface area contributed by atoms with Gasteiger partial charge in [0.15, 0.2) is 4.77 Å². The molecular formula is C14H14BrFN2S. The standard InChI is InChI=1S/C14H14BrFN2S/c15-9-5-11-13(6-10(9)16)18(14(19)17-11)12-4-7-1-2-8(12)3-7/h5-8,12H,1-4H2,(H,17,19). The van der Waals surface area contributed by atoms with E-state index in [1.807, 2.05) is 0 Å². The Bertz CT molecular complexity index is 720. The Labute approximate surface area is 124 Å². The van der Waals surface area contributed by atoms with Crippen LogP contribution >= 0.6 is 28.1 Å². The molecule has 1 N–H and O–H groups in total. The predicted molar refractivity (Wildman–Crippen MR) is 79.3 cm³/mol. The molecule has 4 rings (SSSR count). The first kappa shape index (κ1) is 12.1. The largest absolute Gasteiger partial charge is 0.331 e. The summed E-state index contributed by atoms with van der Waals surface area (Å²) in [6.45, 7) is 0. The van der Waals surface area contributed by atoms with E-state index in [1.54, 1.807) is 12.1 Å². The highest BCUT2D eigenvalue weighted by Gasteiger charge is 2.41. The Morgan fingerprint density at radius 1 is 1.32 bits per heavy atom. The zero-order valence-electron chi connectivity index (χ0n) is 10.3. The lowest BCUT2D eigenvalue weighted by Gasteiger charge is -2.23. The van der Waals surface area contributed by atoms with Crippen molar-refractivity contribution < 1.29 is 4.39 Å². The lowest BCUT2D eigenvalue weighted by Crippen LogP contribution is -2.16. The number of aromatic amines is 1. The number of hydrogen-bond acceptors (Lipinski definition) is 1. The number of rotatable bonds is 1. The van der Waals surface area contributed by atoms with Crippen LogP contribution in [0.15, 0.2) is 16.6 Å². The van der Waals surface area contributed by atoms with Crippen molar-refractivity contribution in [3.8, 4) is 0 Å². The normalized spacial score (nSPS) is 29.5. The number of imidazole rings is 1. The van der Waals surface area contributed by atoms with Crippen LogP contribution in [0.25, 0.3) is 11.0 Å². The quantitative estimate of drug-likeness (QED) is 0.727. The SMILES string of the molecule is Fc1cc2c(cc1Br)[nH]c(=S)n2C1CC2CCC1C2. The second-order valence-electron chi connectivity index (χ2n) is 5.83. The number of nitrogens with one attached hydrogen (secondary N) is 1. The molecule has 1 heterocycles. The monoisotopic (exact) mass is 340 g/mol. The molecule has 1 aromatic carbocycles. The van der Waals surface area contributed by atoms with Crippen LogP contribution in [0, 0.1) is 22.4 Å². The van der Waals surface area contributed by atoms with E-state index >= 15 is 0 Å². The molecule has 3 atom stereocenters. The Hall–Kier alpha value is -0.680. The summed E-state index contributed by atoms with van der Waals surface area (Å²) in [5.41, 5.74) is 1.82. The smallest absolute Gasteiger partial charge is 0.178 e. The molecule has 2 aliphatic rings. The maximum Gasteiger partial charge on any atom is 0.178 e. The highest BCUT2D eigenvalue weighted by atomic mass is 79.9. The first-order valence-electron chi connectivity index (χ1n) is 6.73. The Kier molecular flexibility index (Phi) is 2.64. The van der Waals surface area contributed by atoms with Gasteiger partial charge in [-0.2, -0.15) is 0 Å². The first-order chi connectivity index (χ1) is 9.13.